The van der Waals surface area contributed by atoms with E-state index in [1.54, 1.807) is 6.92 Å². The quantitative estimate of drug-likeness (QED) is 0.638. The number of halogens is 1. The van der Waals surface area contributed by atoms with Crippen molar-refractivity contribution in [2.75, 3.05) is 6.61 Å². The molecule has 1 fully saturated rings. The van der Waals surface area contributed by atoms with Crippen molar-refractivity contribution in [1.29, 1.82) is 0 Å². The third-order valence-electron chi connectivity index (χ3n) is 4.76. The predicted molar refractivity (Wildman–Crippen MR) is 104 cm³/mol. The number of carbonyl (C=O) groups is 1. The van der Waals surface area contributed by atoms with Crippen LogP contribution in [0, 0.1) is 0 Å². The summed E-state index contributed by atoms with van der Waals surface area (Å²) in [6.07, 6.45) is 4.00. The lowest BCUT2D eigenvalue weighted by atomic mass is 9.90. The van der Waals surface area contributed by atoms with Crippen LogP contribution in [0.3, 0.4) is 0 Å². The Balaban J connectivity index is 1.86. The standard InChI is InChI=1S/C18H25BrN6O2/c1-2-27-16(26)11-25-18(22-23-24-25)17(12-4-3-5-13(19)10-12)21-15-8-6-14(20)7-9-15/h3-5,10,14-15,17,21H,2,6-9,11,20H2,1H3. The van der Waals surface area contributed by atoms with Crippen molar-refractivity contribution in [2.24, 2.45) is 5.73 Å². The number of hydrogen-bond acceptors (Lipinski definition) is 7. The number of nitrogens with zero attached hydrogens (tertiary/aromatic N) is 4. The molecule has 146 valence electrons. The van der Waals surface area contributed by atoms with Gasteiger partial charge in [-0.3, -0.25) is 4.79 Å². The summed E-state index contributed by atoms with van der Waals surface area (Å²) in [6.45, 7) is 2.09. The lowest BCUT2D eigenvalue weighted by Gasteiger charge is -2.30. The van der Waals surface area contributed by atoms with Gasteiger partial charge in [-0.05, 0) is 60.7 Å². The summed E-state index contributed by atoms with van der Waals surface area (Å²) in [7, 11) is 0. The molecule has 1 atom stereocenters. The van der Waals surface area contributed by atoms with Gasteiger partial charge in [0.1, 0.15) is 6.54 Å². The zero-order chi connectivity index (χ0) is 19.2. The highest BCUT2D eigenvalue weighted by molar-refractivity contribution is 9.10. The van der Waals surface area contributed by atoms with Gasteiger partial charge >= 0.3 is 5.97 Å². The van der Waals surface area contributed by atoms with Crippen LogP contribution >= 0.6 is 15.9 Å². The SMILES string of the molecule is CCOC(=O)Cn1nnnc1C(NC1CCC(N)CC1)c1cccc(Br)c1. The maximum absolute atomic E-state index is 11.9. The van der Waals surface area contributed by atoms with Crippen LogP contribution in [0.15, 0.2) is 28.7 Å². The van der Waals surface area contributed by atoms with Crippen molar-refractivity contribution < 1.29 is 9.53 Å². The van der Waals surface area contributed by atoms with Crippen molar-refractivity contribution in [3.05, 3.63) is 40.1 Å². The first-order valence-electron chi connectivity index (χ1n) is 9.25. The van der Waals surface area contributed by atoms with Crippen LogP contribution in [0.5, 0.6) is 0 Å². The smallest absolute Gasteiger partial charge is 0.327 e. The van der Waals surface area contributed by atoms with Gasteiger partial charge in [0.15, 0.2) is 5.82 Å². The average molecular weight is 437 g/mol. The molecule has 0 saturated heterocycles. The van der Waals surface area contributed by atoms with Crippen LogP contribution in [0.2, 0.25) is 0 Å². The fourth-order valence-electron chi connectivity index (χ4n) is 3.39. The first kappa shape index (κ1) is 19.9. The number of esters is 1. The Morgan fingerprint density at radius 2 is 2.19 bits per heavy atom. The van der Waals surface area contributed by atoms with E-state index in [0.29, 0.717) is 18.5 Å². The molecule has 1 heterocycles. The topological polar surface area (TPSA) is 108 Å². The van der Waals surface area contributed by atoms with Crippen molar-refractivity contribution >= 4 is 21.9 Å². The van der Waals surface area contributed by atoms with E-state index in [0.717, 1.165) is 35.7 Å². The Morgan fingerprint density at radius 1 is 1.41 bits per heavy atom. The number of ether oxygens (including phenoxy) is 1. The number of aromatic nitrogens is 4. The maximum Gasteiger partial charge on any atom is 0.327 e. The van der Waals surface area contributed by atoms with Crippen molar-refractivity contribution in [3.8, 4) is 0 Å². The molecule has 0 radical (unpaired) electrons. The Hall–Kier alpha value is -1.84. The van der Waals surface area contributed by atoms with E-state index in [1.165, 1.54) is 4.68 Å². The monoisotopic (exact) mass is 436 g/mol. The van der Waals surface area contributed by atoms with Crippen molar-refractivity contribution in [3.63, 3.8) is 0 Å². The fourth-order valence-corrected chi connectivity index (χ4v) is 3.80. The Morgan fingerprint density at radius 3 is 2.89 bits per heavy atom. The van der Waals surface area contributed by atoms with E-state index in [4.69, 9.17) is 10.5 Å². The van der Waals surface area contributed by atoms with Crippen LogP contribution in [0.1, 0.15) is 50.0 Å². The van der Waals surface area contributed by atoms with Gasteiger partial charge in [-0.15, -0.1) is 5.10 Å². The number of benzene rings is 1. The average Bonchev–Trinajstić information content (AvgIpc) is 3.09. The highest BCUT2D eigenvalue weighted by Crippen LogP contribution is 2.26. The van der Waals surface area contributed by atoms with E-state index in [-0.39, 0.29) is 24.6 Å². The highest BCUT2D eigenvalue weighted by atomic mass is 79.9. The van der Waals surface area contributed by atoms with Crippen LogP contribution in [0.4, 0.5) is 0 Å². The summed E-state index contributed by atoms with van der Waals surface area (Å²) >= 11 is 3.53. The van der Waals surface area contributed by atoms with Crippen LogP contribution in [-0.2, 0) is 16.1 Å². The first-order chi connectivity index (χ1) is 13.1. The van der Waals surface area contributed by atoms with E-state index in [9.17, 15) is 4.79 Å². The van der Waals surface area contributed by atoms with Crippen LogP contribution in [-0.4, -0.2) is 44.9 Å². The van der Waals surface area contributed by atoms with Crippen molar-refractivity contribution in [1.82, 2.24) is 25.5 Å². The van der Waals surface area contributed by atoms with Gasteiger partial charge in [0, 0.05) is 16.6 Å². The zero-order valence-electron chi connectivity index (χ0n) is 15.3. The number of carbonyl (C=O) groups excluding carboxylic acids is 1. The second kappa shape index (κ2) is 9.38. The van der Waals surface area contributed by atoms with Gasteiger partial charge in [0.2, 0.25) is 0 Å². The molecule has 0 aliphatic heterocycles. The normalized spacial score (nSPS) is 21.0. The lowest BCUT2D eigenvalue weighted by Crippen LogP contribution is -2.40. The van der Waals surface area contributed by atoms with Crippen LogP contribution in [0.25, 0.3) is 0 Å². The minimum Gasteiger partial charge on any atom is -0.465 e. The van der Waals surface area contributed by atoms with E-state index in [1.807, 2.05) is 24.3 Å². The number of tetrazole rings is 1. The van der Waals surface area contributed by atoms with Gasteiger partial charge in [-0.2, -0.15) is 0 Å². The molecule has 1 aromatic carbocycles. The van der Waals surface area contributed by atoms with Gasteiger partial charge in [-0.25, -0.2) is 4.68 Å². The summed E-state index contributed by atoms with van der Waals surface area (Å²) in [5.41, 5.74) is 7.07. The van der Waals surface area contributed by atoms with E-state index in [2.05, 4.69) is 36.8 Å². The molecule has 2 aromatic rings. The summed E-state index contributed by atoms with van der Waals surface area (Å²) in [5, 5.41) is 15.7. The molecule has 0 spiro atoms. The van der Waals surface area contributed by atoms with E-state index >= 15 is 0 Å². The molecule has 0 bridgehead atoms. The van der Waals surface area contributed by atoms with E-state index < -0.39 is 0 Å². The molecule has 3 rings (SSSR count). The molecule has 8 nitrogen and oxygen atoms in total. The Bertz CT molecular complexity index is 760. The third-order valence-corrected chi connectivity index (χ3v) is 5.25. The molecule has 0 amide bonds. The molecule has 27 heavy (non-hydrogen) atoms. The minimum absolute atomic E-state index is 0.0160. The summed E-state index contributed by atoms with van der Waals surface area (Å²) < 4.78 is 7.52. The lowest BCUT2D eigenvalue weighted by molar-refractivity contribution is -0.144. The van der Waals surface area contributed by atoms with Gasteiger partial charge < -0.3 is 15.8 Å². The molecule has 3 N–H and O–H groups in total. The minimum atomic E-state index is -0.359. The number of nitrogens with one attached hydrogen (secondary N) is 1. The molecule has 1 aliphatic rings. The maximum atomic E-state index is 11.9. The molecule has 1 unspecified atom stereocenters. The summed E-state index contributed by atoms with van der Waals surface area (Å²) in [5.74, 6) is 0.235. The molecular weight excluding hydrogens is 412 g/mol. The largest absolute Gasteiger partial charge is 0.465 e. The molecule has 9 heteroatoms. The molecule has 1 aromatic heterocycles. The third kappa shape index (κ3) is 5.33. The van der Waals surface area contributed by atoms with Crippen LogP contribution < -0.4 is 11.1 Å². The predicted octanol–water partition coefficient (Wildman–Crippen LogP) is 1.95. The molecular formula is C18H25BrN6O2. The zero-order valence-corrected chi connectivity index (χ0v) is 16.9. The second-order valence-electron chi connectivity index (χ2n) is 6.77. The highest BCUT2D eigenvalue weighted by Gasteiger charge is 2.27. The fraction of sp³-hybridized carbons (Fsp3) is 0.556. The second-order valence-corrected chi connectivity index (χ2v) is 7.68. The van der Waals surface area contributed by atoms with Crippen molar-refractivity contribution in [2.45, 2.75) is 57.3 Å². The number of rotatable bonds is 7. The van der Waals surface area contributed by atoms with Gasteiger partial charge in [0.05, 0.1) is 12.6 Å². The summed E-state index contributed by atoms with van der Waals surface area (Å²) in [4.78, 5) is 11.9. The molecule has 1 aliphatic carbocycles. The first-order valence-corrected chi connectivity index (χ1v) is 10.0. The Kier molecular flexibility index (Phi) is 6.92. The molecule has 1 saturated carbocycles. The Labute approximate surface area is 167 Å². The summed E-state index contributed by atoms with van der Waals surface area (Å²) in [6, 6.07) is 8.39. The van der Waals surface area contributed by atoms with Gasteiger partial charge in [-0.1, -0.05) is 28.1 Å². The van der Waals surface area contributed by atoms with Gasteiger partial charge in [0.25, 0.3) is 0 Å². The number of hydrogen-bond donors (Lipinski definition) is 2. The number of nitrogens with two attached hydrogens (primary N) is 1.